The minimum absolute atomic E-state index is 0.104. The van der Waals surface area contributed by atoms with Crippen molar-refractivity contribution in [2.45, 2.75) is 18.9 Å². The molecule has 28 heavy (non-hydrogen) atoms. The smallest absolute Gasteiger partial charge is 0.262 e. The quantitative estimate of drug-likeness (QED) is 0.779. The van der Waals surface area contributed by atoms with Gasteiger partial charge < -0.3 is 14.8 Å². The standard InChI is InChI=1S/C21H20N2O5/c24-19(12-23-20(25)17-8-1-2-9-18(17)21(23)26)22-14-5-3-6-15(11-14)28-13-16-7-4-10-27-16/h1-3,5-6,8-9,11,16H,4,7,10,12-13H2,(H,22,24)/t16-/m1/s1. The fraction of sp³-hybridized carbons (Fsp3) is 0.286. The van der Waals surface area contributed by atoms with Gasteiger partial charge in [-0.25, -0.2) is 0 Å². The van der Waals surface area contributed by atoms with Crippen LogP contribution in [-0.2, 0) is 9.53 Å². The molecule has 0 radical (unpaired) electrons. The van der Waals surface area contributed by atoms with E-state index in [0.29, 0.717) is 29.2 Å². The van der Waals surface area contributed by atoms with Crippen LogP contribution in [0.5, 0.6) is 5.75 Å². The largest absolute Gasteiger partial charge is 0.491 e. The summed E-state index contributed by atoms with van der Waals surface area (Å²) in [6.45, 7) is 0.891. The Hall–Kier alpha value is -3.19. The number of fused-ring (bicyclic) bond motifs is 1. The van der Waals surface area contributed by atoms with Crippen LogP contribution in [0.4, 0.5) is 5.69 Å². The molecule has 1 saturated heterocycles. The van der Waals surface area contributed by atoms with E-state index in [1.807, 2.05) is 0 Å². The molecule has 2 aromatic rings. The zero-order chi connectivity index (χ0) is 19.5. The van der Waals surface area contributed by atoms with Crippen LogP contribution >= 0.6 is 0 Å². The number of nitrogens with one attached hydrogen (secondary N) is 1. The van der Waals surface area contributed by atoms with E-state index >= 15 is 0 Å². The number of hydrogen-bond donors (Lipinski definition) is 1. The maximum atomic E-state index is 12.4. The summed E-state index contributed by atoms with van der Waals surface area (Å²) in [6, 6.07) is 13.5. The molecule has 1 N–H and O–H groups in total. The molecule has 0 bridgehead atoms. The monoisotopic (exact) mass is 380 g/mol. The molecule has 2 aliphatic heterocycles. The molecular weight excluding hydrogens is 360 g/mol. The Bertz CT molecular complexity index is 886. The third-order valence-corrected chi connectivity index (χ3v) is 4.76. The van der Waals surface area contributed by atoms with Gasteiger partial charge in [-0.3, -0.25) is 19.3 Å². The number of nitrogens with zero attached hydrogens (tertiary/aromatic N) is 1. The summed E-state index contributed by atoms with van der Waals surface area (Å²) in [5.41, 5.74) is 1.18. The number of carbonyl (C=O) groups is 3. The first kappa shape index (κ1) is 18.2. The summed E-state index contributed by atoms with van der Waals surface area (Å²) in [5, 5.41) is 2.71. The highest BCUT2D eigenvalue weighted by Gasteiger charge is 2.36. The first-order valence-electron chi connectivity index (χ1n) is 9.21. The second kappa shape index (κ2) is 7.82. The molecule has 0 aromatic heterocycles. The Kier molecular flexibility index (Phi) is 5.08. The molecule has 2 aromatic carbocycles. The maximum Gasteiger partial charge on any atom is 0.262 e. The van der Waals surface area contributed by atoms with E-state index in [0.717, 1.165) is 24.3 Å². The first-order chi connectivity index (χ1) is 13.6. The molecule has 0 aliphatic carbocycles. The number of amides is 3. The van der Waals surface area contributed by atoms with Crippen LogP contribution in [0.3, 0.4) is 0 Å². The van der Waals surface area contributed by atoms with Crippen LogP contribution in [0.1, 0.15) is 33.6 Å². The van der Waals surface area contributed by atoms with E-state index in [-0.39, 0.29) is 12.6 Å². The fourth-order valence-electron chi connectivity index (χ4n) is 3.36. The number of carbonyl (C=O) groups excluding carboxylic acids is 3. The lowest BCUT2D eigenvalue weighted by Crippen LogP contribution is -2.37. The average molecular weight is 380 g/mol. The average Bonchev–Trinajstić information content (AvgIpc) is 3.30. The summed E-state index contributed by atoms with van der Waals surface area (Å²) in [6.07, 6.45) is 2.13. The zero-order valence-electron chi connectivity index (χ0n) is 15.2. The van der Waals surface area contributed by atoms with E-state index in [1.54, 1.807) is 48.5 Å². The topological polar surface area (TPSA) is 84.9 Å². The Morgan fingerprint density at radius 1 is 1.11 bits per heavy atom. The number of benzene rings is 2. The van der Waals surface area contributed by atoms with Crippen LogP contribution in [0.2, 0.25) is 0 Å². The van der Waals surface area contributed by atoms with Gasteiger partial charge in [0.25, 0.3) is 11.8 Å². The van der Waals surface area contributed by atoms with Gasteiger partial charge in [-0.15, -0.1) is 0 Å². The van der Waals surface area contributed by atoms with Crippen molar-refractivity contribution in [3.63, 3.8) is 0 Å². The first-order valence-corrected chi connectivity index (χ1v) is 9.21. The minimum atomic E-state index is -0.454. The fourth-order valence-corrected chi connectivity index (χ4v) is 3.36. The molecule has 144 valence electrons. The van der Waals surface area contributed by atoms with Crippen molar-refractivity contribution in [3.8, 4) is 5.75 Å². The normalized spacial score (nSPS) is 18.3. The highest BCUT2D eigenvalue weighted by atomic mass is 16.5. The van der Waals surface area contributed by atoms with Crippen molar-refractivity contribution >= 4 is 23.4 Å². The number of hydrogen-bond acceptors (Lipinski definition) is 5. The third kappa shape index (κ3) is 3.75. The van der Waals surface area contributed by atoms with E-state index in [2.05, 4.69) is 5.32 Å². The van der Waals surface area contributed by atoms with E-state index < -0.39 is 17.7 Å². The van der Waals surface area contributed by atoms with Gasteiger partial charge in [0.2, 0.25) is 5.91 Å². The lowest BCUT2D eigenvalue weighted by molar-refractivity contribution is -0.116. The SMILES string of the molecule is O=C(CN1C(=O)c2ccccc2C1=O)Nc1cccc(OC[C@H]2CCCO2)c1. The summed E-state index contributed by atoms with van der Waals surface area (Å²) >= 11 is 0. The Morgan fingerprint density at radius 2 is 1.86 bits per heavy atom. The van der Waals surface area contributed by atoms with Crippen molar-refractivity contribution in [2.75, 3.05) is 25.1 Å². The lowest BCUT2D eigenvalue weighted by Gasteiger charge is -2.15. The molecule has 0 spiro atoms. The van der Waals surface area contributed by atoms with E-state index in [4.69, 9.17) is 9.47 Å². The second-order valence-corrected chi connectivity index (χ2v) is 6.76. The third-order valence-electron chi connectivity index (χ3n) is 4.76. The summed E-state index contributed by atoms with van der Waals surface area (Å²) in [5.74, 6) is -0.742. The van der Waals surface area contributed by atoms with Crippen molar-refractivity contribution < 1.29 is 23.9 Å². The van der Waals surface area contributed by atoms with Gasteiger partial charge in [-0.05, 0) is 37.1 Å². The maximum absolute atomic E-state index is 12.4. The molecular formula is C21H20N2O5. The van der Waals surface area contributed by atoms with Gasteiger partial charge in [-0.2, -0.15) is 0 Å². The molecule has 4 rings (SSSR count). The van der Waals surface area contributed by atoms with Gasteiger partial charge in [-0.1, -0.05) is 18.2 Å². The molecule has 7 heteroatoms. The Morgan fingerprint density at radius 3 is 2.54 bits per heavy atom. The van der Waals surface area contributed by atoms with Crippen molar-refractivity contribution in [1.29, 1.82) is 0 Å². The summed E-state index contributed by atoms with van der Waals surface area (Å²) < 4.78 is 11.3. The van der Waals surface area contributed by atoms with Gasteiger partial charge in [0.1, 0.15) is 18.9 Å². The Labute approximate surface area is 162 Å². The number of anilines is 1. The molecule has 1 atom stereocenters. The summed E-state index contributed by atoms with van der Waals surface area (Å²) in [7, 11) is 0. The Balaban J connectivity index is 1.36. The molecule has 1 fully saturated rings. The van der Waals surface area contributed by atoms with Crippen molar-refractivity contribution in [3.05, 3.63) is 59.7 Å². The molecule has 0 unspecified atom stereocenters. The zero-order valence-corrected chi connectivity index (χ0v) is 15.2. The minimum Gasteiger partial charge on any atom is -0.491 e. The molecule has 2 aliphatic rings. The summed E-state index contributed by atoms with van der Waals surface area (Å²) in [4.78, 5) is 38.0. The second-order valence-electron chi connectivity index (χ2n) is 6.76. The van der Waals surface area contributed by atoms with E-state index in [1.165, 1.54) is 0 Å². The molecule has 7 nitrogen and oxygen atoms in total. The van der Waals surface area contributed by atoms with Crippen molar-refractivity contribution in [2.24, 2.45) is 0 Å². The van der Waals surface area contributed by atoms with Crippen LogP contribution in [0.15, 0.2) is 48.5 Å². The van der Waals surface area contributed by atoms with E-state index in [9.17, 15) is 14.4 Å². The highest BCUT2D eigenvalue weighted by molar-refractivity contribution is 6.22. The predicted molar refractivity (Wildman–Crippen MR) is 101 cm³/mol. The van der Waals surface area contributed by atoms with Gasteiger partial charge in [0.15, 0.2) is 0 Å². The van der Waals surface area contributed by atoms with Gasteiger partial charge in [0, 0.05) is 18.4 Å². The van der Waals surface area contributed by atoms with Gasteiger partial charge in [0.05, 0.1) is 17.2 Å². The molecule has 2 heterocycles. The molecule has 3 amide bonds. The van der Waals surface area contributed by atoms with Crippen LogP contribution in [-0.4, -0.2) is 48.5 Å². The van der Waals surface area contributed by atoms with Gasteiger partial charge >= 0.3 is 0 Å². The lowest BCUT2D eigenvalue weighted by atomic mass is 10.1. The number of ether oxygens (including phenoxy) is 2. The van der Waals surface area contributed by atoms with Crippen LogP contribution in [0.25, 0.3) is 0 Å². The number of rotatable bonds is 6. The van der Waals surface area contributed by atoms with Crippen LogP contribution in [0, 0.1) is 0 Å². The van der Waals surface area contributed by atoms with Crippen molar-refractivity contribution in [1.82, 2.24) is 4.90 Å². The predicted octanol–water partition coefficient (Wildman–Crippen LogP) is 2.48. The van der Waals surface area contributed by atoms with Crippen LogP contribution < -0.4 is 10.1 Å². The highest BCUT2D eigenvalue weighted by Crippen LogP contribution is 2.23. The number of imide groups is 1. The molecule has 0 saturated carbocycles.